The maximum Gasteiger partial charge on any atom is 0.159 e. The number of nitrogens with zero attached hydrogens (tertiary/aromatic N) is 3. The zero-order chi connectivity index (χ0) is 48.0. The number of hydrogen-bond donors (Lipinski definition) is 0. The van der Waals surface area contributed by atoms with Gasteiger partial charge in [-0.2, -0.15) is 0 Å². The summed E-state index contributed by atoms with van der Waals surface area (Å²) in [7, 11) is -1.70. The Morgan fingerprint density at radius 2 is 0.792 bits per heavy atom. The van der Waals surface area contributed by atoms with Crippen LogP contribution >= 0.6 is 0 Å². The van der Waals surface area contributed by atoms with Gasteiger partial charge in [0.25, 0.3) is 0 Å². The molecule has 0 aliphatic heterocycles. The first-order valence-electron chi connectivity index (χ1n) is 24.9. The Kier molecular flexibility index (Phi) is 8.59. The first kappa shape index (κ1) is 41.0. The van der Waals surface area contributed by atoms with Crippen molar-refractivity contribution in [1.29, 1.82) is 0 Å². The zero-order valence-corrected chi connectivity index (χ0v) is 41.4. The molecule has 4 heterocycles. The number of fused-ring (bicyclic) bond motifs is 14. The fourth-order valence-electron chi connectivity index (χ4n) is 11.9. The van der Waals surface area contributed by atoms with Gasteiger partial charge >= 0.3 is 0 Å². The number of aromatic nitrogens is 1. The van der Waals surface area contributed by atoms with E-state index in [0.717, 1.165) is 78.2 Å². The molecule has 72 heavy (non-hydrogen) atoms. The van der Waals surface area contributed by atoms with Gasteiger partial charge in [0.2, 0.25) is 0 Å². The zero-order valence-electron chi connectivity index (χ0n) is 40.4. The molecule has 0 radical (unpaired) electrons. The lowest BCUT2D eigenvalue weighted by Gasteiger charge is -2.26. The minimum absolute atomic E-state index is 0.876. The van der Waals surface area contributed by atoms with Gasteiger partial charge in [0.05, 0.1) is 36.0 Å². The fraction of sp³-hybridized carbons (Fsp3) is 0.0606. The molecule has 15 rings (SSSR count). The molecular weight excluding hydrogens is 895 g/mol. The SMILES string of the molecule is Cc1cccc2c1oc1c(N(c3ccccc3)c3ccc4cc5c6cccc7c8cc9ccc(N(c%10ccccc%10)c%10cccc%11c%10oc%10c([Si](C)(C)C)cccc%10%11)cc9cc8n(c5cc4c3)c67)cccc12. The van der Waals surface area contributed by atoms with Crippen LogP contribution in [0.1, 0.15) is 5.56 Å². The maximum absolute atomic E-state index is 7.02. The highest BCUT2D eigenvalue weighted by molar-refractivity contribution is 6.90. The van der Waals surface area contributed by atoms with E-state index in [0.29, 0.717) is 0 Å². The second kappa shape index (κ2) is 15.1. The number of furan rings is 2. The smallest absolute Gasteiger partial charge is 0.159 e. The van der Waals surface area contributed by atoms with Gasteiger partial charge in [-0.15, -0.1) is 0 Å². The maximum atomic E-state index is 7.02. The molecule has 5 nitrogen and oxygen atoms in total. The highest BCUT2D eigenvalue weighted by atomic mass is 28.3. The van der Waals surface area contributed by atoms with Crippen molar-refractivity contribution in [1.82, 2.24) is 4.40 Å². The molecule has 0 saturated carbocycles. The minimum Gasteiger partial charge on any atom is -0.454 e. The predicted molar refractivity (Wildman–Crippen MR) is 308 cm³/mol. The van der Waals surface area contributed by atoms with Crippen LogP contribution in [-0.4, -0.2) is 12.5 Å². The van der Waals surface area contributed by atoms with Crippen LogP contribution in [0.3, 0.4) is 0 Å². The normalized spacial score (nSPS) is 12.4. The van der Waals surface area contributed by atoms with E-state index in [1.54, 1.807) is 0 Å². The molecular formula is C66H47N3O2Si. The van der Waals surface area contributed by atoms with Gasteiger partial charge in [-0.1, -0.05) is 147 Å². The van der Waals surface area contributed by atoms with E-state index in [1.807, 2.05) is 0 Å². The van der Waals surface area contributed by atoms with Gasteiger partial charge < -0.3 is 23.0 Å². The van der Waals surface area contributed by atoms with Crippen molar-refractivity contribution in [3.8, 4) is 0 Å². The Labute approximate surface area is 416 Å². The Hall–Kier alpha value is -8.84. The van der Waals surface area contributed by atoms with E-state index in [2.05, 4.69) is 253 Å². The third-order valence-electron chi connectivity index (χ3n) is 15.2. The van der Waals surface area contributed by atoms with Gasteiger partial charge in [-0.05, 0) is 124 Å². The second-order valence-electron chi connectivity index (χ2n) is 20.6. The summed E-state index contributed by atoms with van der Waals surface area (Å²) < 4.78 is 16.3. The van der Waals surface area contributed by atoms with Gasteiger partial charge in [-0.3, -0.25) is 0 Å². The van der Waals surface area contributed by atoms with E-state index in [4.69, 9.17) is 8.83 Å². The highest BCUT2D eigenvalue weighted by Crippen LogP contribution is 2.47. The average Bonchev–Trinajstić information content (AvgIpc) is 4.16. The molecule has 0 aliphatic rings. The lowest BCUT2D eigenvalue weighted by atomic mass is 10.0. The molecule has 11 aromatic carbocycles. The van der Waals surface area contributed by atoms with E-state index in [9.17, 15) is 0 Å². The lowest BCUT2D eigenvalue weighted by molar-refractivity contribution is 0.666. The number of hydrogen-bond acceptors (Lipinski definition) is 4. The summed E-state index contributed by atoms with van der Waals surface area (Å²) in [5.41, 5.74) is 14.8. The first-order chi connectivity index (χ1) is 35.2. The van der Waals surface area contributed by atoms with Crippen LogP contribution in [-0.2, 0) is 0 Å². The van der Waals surface area contributed by atoms with Crippen molar-refractivity contribution in [2.75, 3.05) is 9.80 Å². The third kappa shape index (κ3) is 5.93. The van der Waals surface area contributed by atoms with Gasteiger partial charge in [0, 0.05) is 65.8 Å². The van der Waals surface area contributed by atoms with Crippen molar-refractivity contribution in [2.45, 2.75) is 26.6 Å². The van der Waals surface area contributed by atoms with Gasteiger partial charge in [0.1, 0.15) is 11.2 Å². The van der Waals surface area contributed by atoms with Crippen molar-refractivity contribution in [3.05, 3.63) is 218 Å². The van der Waals surface area contributed by atoms with Crippen LogP contribution in [0, 0.1) is 6.92 Å². The van der Waals surface area contributed by atoms with Crippen LogP contribution in [0.5, 0.6) is 0 Å². The standard InChI is InChI=1S/C66H47N3O2Si/c1-40-16-11-23-51-52-24-13-27-57(64(52)70-63(40)51)67(45-17-7-5-8-18-45)47-32-30-41-36-55-49-21-12-22-50-56-37-42-31-33-48(35-44(42)39-60(56)69(62(49)50)59(55)38-43(41)34-47)68(46-19-9-6-10-20-46)58-28-14-25-53-54-26-15-29-61(72(2,3)4)66(54)71-65(53)58/h5-39H,1-4H3. The van der Waals surface area contributed by atoms with Crippen LogP contribution in [0.25, 0.3) is 104 Å². The minimum atomic E-state index is -1.70. The fourth-order valence-corrected chi connectivity index (χ4v) is 13.4. The Morgan fingerprint density at radius 1 is 0.347 bits per heavy atom. The molecule has 0 bridgehead atoms. The predicted octanol–water partition coefficient (Wildman–Crippen LogP) is 18.7. The molecule has 0 fully saturated rings. The lowest BCUT2D eigenvalue weighted by Crippen LogP contribution is -2.37. The molecule has 4 aromatic heterocycles. The molecule has 0 saturated heterocycles. The largest absolute Gasteiger partial charge is 0.454 e. The summed E-state index contributed by atoms with van der Waals surface area (Å²) >= 11 is 0. The van der Waals surface area contributed by atoms with Gasteiger partial charge in [-0.25, -0.2) is 0 Å². The molecule has 0 unspecified atom stereocenters. The molecule has 342 valence electrons. The van der Waals surface area contributed by atoms with E-state index in [-0.39, 0.29) is 0 Å². The molecule has 0 N–H and O–H groups in total. The summed E-state index contributed by atoms with van der Waals surface area (Å²) in [5, 5.41) is 15.7. The summed E-state index contributed by atoms with van der Waals surface area (Å²) in [6, 6.07) is 77.7. The van der Waals surface area contributed by atoms with E-state index < -0.39 is 8.07 Å². The number of para-hydroxylation sites is 7. The summed E-state index contributed by atoms with van der Waals surface area (Å²) in [6.45, 7) is 9.29. The van der Waals surface area contributed by atoms with E-state index >= 15 is 0 Å². The topological polar surface area (TPSA) is 37.2 Å². The van der Waals surface area contributed by atoms with Crippen molar-refractivity contribution in [2.24, 2.45) is 0 Å². The molecule has 0 spiro atoms. The first-order valence-corrected chi connectivity index (χ1v) is 28.4. The number of anilines is 6. The third-order valence-corrected chi connectivity index (χ3v) is 17.2. The van der Waals surface area contributed by atoms with Crippen molar-refractivity contribution < 1.29 is 8.83 Å². The monoisotopic (exact) mass is 941 g/mol. The van der Waals surface area contributed by atoms with Gasteiger partial charge in [0.15, 0.2) is 11.2 Å². The summed E-state index contributed by atoms with van der Waals surface area (Å²) in [6.07, 6.45) is 0. The summed E-state index contributed by atoms with van der Waals surface area (Å²) in [5.74, 6) is 0. The number of rotatable bonds is 7. The molecule has 6 heteroatoms. The number of aryl methyl sites for hydroxylation is 1. The Balaban J connectivity index is 0.925. The second-order valence-corrected chi connectivity index (χ2v) is 25.6. The van der Waals surface area contributed by atoms with Crippen LogP contribution in [0.15, 0.2) is 221 Å². The van der Waals surface area contributed by atoms with Crippen molar-refractivity contribution in [3.63, 3.8) is 0 Å². The quantitative estimate of drug-likeness (QED) is 0.149. The summed E-state index contributed by atoms with van der Waals surface area (Å²) in [4.78, 5) is 4.70. The average molecular weight is 942 g/mol. The van der Waals surface area contributed by atoms with Crippen molar-refractivity contribution >= 4 is 151 Å². The van der Waals surface area contributed by atoms with E-state index in [1.165, 1.54) is 70.2 Å². The Bertz CT molecular complexity index is 4690. The molecule has 0 atom stereocenters. The molecule has 0 amide bonds. The molecule has 0 aliphatic carbocycles. The highest BCUT2D eigenvalue weighted by Gasteiger charge is 2.26. The molecule has 15 aromatic rings. The Morgan fingerprint density at radius 3 is 1.32 bits per heavy atom. The van der Waals surface area contributed by atoms with Crippen LogP contribution in [0.2, 0.25) is 19.6 Å². The van der Waals surface area contributed by atoms with Crippen LogP contribution in [0.4, 0.5) is 34.1 Å². The number of benzene rings is 11. The van der Waals surface area contributed by atoms with Crippen LogP contribution < -0.4 is 15.0 Å².